The molecule has 0 fully saturated rings. The third kappa shape index (κ3) is 10.4. The van der Waals surface area contributed by atoms with Crippen LogP contribution in [-0.2, 0) is 31.0 Å². The molecule has 1 aromatic heterocycles. The summed E-state index contributed by atoms with van der Waals surface area (Å²) in [6.45, 7) is 1.37. The number of nitrogens with one attached hydrogen (secondary N) is 4. The number of hydrogen-bond acceptors (Lipinski definition) is 7. The number of benzene rings is 1. The van der Waals surface area contributed by atoms with Crippen LogP contribution in [0.3, 0.4) is 0 Å². The van der Waals surface area contributed by atoms with E-state index >= 15 is 0 Å². The van der Waals surface area contributed by atoms with Gasteiger partial charge in [0, 0.05) is 17.3 Å². The fraction of sp³-hybridized carbons (Fsp3) is 0.263. The monoisotopic (exact) mass is 604 g/mol. The van der Waals surface area contributed by atoms with E-state index in [2.05, 4.69) is 15.5 Å². The Morgan fingerprint density at radius 2 is 1.82 bits per heavy atom. The first-order chi connectivity index (χ1) is 17.5. The second kappa shape index (κ2) is 13.8. The van der Waals surface area contributed by atoms with Crippen molar-refractivity contribution in [1.82, 2.24) is 15.4 Å². The molecule has 0 aliphatic heterocycles. The lowest BCUT2D eigenvalue weighted by Crippen LogP contribution is -2.37. The summed E-state index contributed by atoms with van der Waals surface area (Å²) in [7, 11) is -4.21. The van der Waals surface area contributed by atoms with Gasteiger partial charge in [-0.15, -0.1) is 0 Å². The number of aromatic nitrogens is 1. The summed E-state index contributed by atoms with van der Waals surface area (Å²) < 4.78 is 60.4. The number of sulfonamides is 1. The predicted molar refractivity (Wildman–Crippen MR) is 130 cm³/mol. The molecule has 2 aromatic rings. The molecule has 1 amide bonds. The molecule has 0 saturated heterocycles. The number of hydrogen-bond donors (Lipinski definition) is 6. The molecule has 0 saturated carbocycles. The molecule has 210 valence electrons. The molecule has 38 heavy (non-hydrogen) atoms. The Labute approximate surface area is 223 Å². The van der Waals surface area contributed by atoms with Gasteiger partial charge < -0.3 is 20.7 Å². The average Bonchev–Trinajstić information content (AvgIpc) is 2.79. The summed E-state index contributed by atoms with van der Waals surface area (Å²) in [6, 6.07) is 6.71. The first-order valence-electron chi connectivity index (χ1n) is 9.92. The third-order valence-corrected chi connectivity index (χ3v) is 6.15. The van der Waals surface area contributed by atoms with Gasteiger partial charge >= 0.3 is 12.1 Å². The summed E-state index contributed by atoms with van der Waals surface area (Å²) in [4.78, 5) is 38.3. The Morgan fingerprint density at radius 1 is 1.21 bits per heavy atom. The molecule has 19 heteroatoms. The molecule has 0 spiro atoms. The summed E-state index contributed by atoms with van der Waals surface area (Å²) >= 11 is 11.8. The number of hydroxylamine groups is 1. The quantitative estimate of drug-likeness (QED) is 0.106. The number of carbonyl (C=O) groups is 2. The Morgan fingerprint density at radius 3 is 2.37 bits per heavy atom. The zero-order valence-electron chi connectivity index (χ0n) is 19.2. The number of aryl methyl sites for hydroxylation is 1. The van der Waals surface area contributed by atoms with Crippen molar-refractivity contribution in [3.63, 3.8) is 0 Å². The van der Waals surface area contributed by atoms with Gasteiger partial charge in [-0.05, 0) is 37.3 Å². The number of alkyl halides is 3. The van der Waals surface area contributed by atoms with E-state index in [4.69, 9.17) is 49.1 Å². The highest BCUT2D eigenvalue weighted by molar-refractivity contribution is 7.92. The van der Waals surface area contributed by atoms with Crippen molar-refractivity contribution in [3.8, 4) is 0 Å². The van der Waals surface area contributed by atoms with E-state index in [9.17, 15) is 31.2 Å². The van der Waals surface area contributed by atoms with Crippen LogP contribution in [0.1, 0.15) is 5.69 Å². The second-order valence-electron chi connectivity index (χ2n) is 6.98. The molecule has 0 aliphatic carbocycles. The van der Waals surface area contributed by atoms with E-state index in [1.807, 2.05) is 0 Å². The number of carbonyl (C=O) groups excluding carboxylic acids is 1. The molecular weight excluding hydrogens is 584 g/mol. The van der Waals surface area contributed by atoms with Gasteiger partial charge in [0.15, 0.2) is 0 Å². The van der Waals surface area contributed by atoms with E-state index in [1.165, 1.54) is 24.3 Å². The number of amides is 1. The highest BCUT2D eigenvalue weighted by Crippen LogP contribution is 2.26. The summed E-state index contributed by atoms with van der Waals surface area (Å²) in [5.41, 5.74) is 6.61. The molecule has 7 N–H and O–H groups in total. The van der Waals surface area contributed by atoms with Gasteiger partial charge in [-0.3, -0.25) is 24.6 Å². The molecule has 0 unspecified atom stereocenters. The van der Waals surface area contributed by atoms with Crippen molar-refractivity contribution < 1.29 is 41.1 Å². The fourth-order valence-corrected chi connectivity index (χ4v) is 4.22. The molecule has 13 nitrogen and oxygen atoms in total. The highest BCUT2D eigenvalue weighted by atomic mass is 35.5. The molecule has 0 radical (unpaired) electrons. The lowest BCUT2D eigenvalue weighted by atomic mass is 10.3. The van der Waals surface area contributed by atoms with Crippen molar-refractivity contribution in [2.75, 3.05) is 17.9 Å². The van der Waals surface area contributed by atoms with E-state index in [0.29, 0.717) is 5.69 Å². The Kier molecular flexibility index (Phi) is 11.8. The number of aliphatic carboxylic acids is 1. The van der Waals surface area contributed by atoms with Crippen LogP contribution >= 0.6 is 23.2 Å². The van der Waals surface area contributed by atoms with E-state index in [-0.39, 0.29) is 46.3 Å². The smallest absolute Gasteiger partial charge is 0.475 e. The Hall–Kier alpha value is -3.54. The van der Waals surface area contributed by atoms with Gasteiger partial charge in [-0.2, -0.15) is 13.2 Å². The normalized spacial score (nSPS) is 11.1. The minimum absolute atomic E-state index is 0.0272. The maximum absolute atomic E-state index is 12.8. The largest absolute Gasteiger partial charge is 0.490 e. The second-order valence-corrected chi connectivity index (χ2v) is 9.47. The van der Waals surface area contributed by atoms with Gasteiger partial charge in [-0.1, -0.05) is 23.2 Å². The number of anilines is 1. The van der Waals surface area contributed by atoms with E-state index < -0.39 is 33.6 Å². The Balaban J connectivity index is 0.000000905. The van der Waals surface area contributed by atoms with Crippen LogP contribution in [0.4, 0.5) is 18.9 Å². The molecule has 1 aromatic carbocycles. The van der Waals surface area contributed by atoms with Crippen LogP contribution in [0.25, 0.3) is 0 Å². The highest BCUT2D eigenvalue weighted by Gasteiger charge is 2.38. The van der Waals surface area contributed by atoms with Crippen LogP contribution in [0, 0.1) is 12.3 Å². The van der Waals surface area contributed by atoms with Crippen molar-refractivity contribution in [2.24, 2.45) is 5.73 Å². The van der Waals surface area contributed by atoms with E-state index in [1.54, 1.807) is 6.92 Å². The Bertz CT molecular complexity index is 1350. The van der Waals surface area contributed by atoms with Crippen molar-refractivity contribution in [1.29, 1.82) is 5.41 Å². The van der Waals surface area contributed by atoms with Crippen molar-refractivity contribution >= 4 is 56.7 Å². The van der Waals surface area contributed by atoms with Crippen LogP contribution in [0.5, 0.6) is 0 Å². The SMILES string of the molecule is Cc1ccc(NS(=O)(=O)c2cc(Cl)ccc2Cl)c(=O)n1CC(=O)NCCONC(=N)N.O=C(O)C(F)(F)F. The summed E-state index contributed by atoms with van der Waals surface area (Å²) in [5.74, 6) is -3.64. The summed E-state index contributed by atoms with van der Waals surface area (Å²) in [6.07, 6.45) is -5.08. The molecule has 0 bridgehead atoms. The fourth-order valence-electron chi connectivity index (χ4n) is 2.40. The van der Waals surface area contributed by atoms with E-state index in [0.717, 1.165) is 10.6 Å². The van der Waals surface area contributed by atoms with Gasteiger partial charge in [0.25, 0.3) is 15.6 Å². The van der Waals surface area contributed by atoms with Crippen molar-refractivity contribution in [2.45, 2.75) is 24.5 Å². The standard InChI is InChI=1S/C17H20Cl2N6O5S.C2HF3O2/c1-10-2-5-13(24-31(28,29)14-8-11(18)3-4-12(14)19)16(27)25(10)9-15(26)22-6-7-30-23-17(20)21;3-2(4,5)1(6)7/h2-5,8,24H,6-7,9H2,1H3,(H,22,26)(H4,20,21,23);(H,6,7). The third-order valence-electron chi connectivity index (χ3n) is 4.07. The lowest BCUT2D eigenvalue weighted by molar-refractivity contribution is -0.192. The number of carboxylic acid groups (broad SMARTS) is 1. The predicted octanol–water partition coefficient (Wildman–Crippen LogP) is 1.43. The first-order valence-corrected chi connectivity index (χ1v) is 12.2. The zero-order chi connectivity index (χ0) is 29.3. The molecule has 0 aliphatic rings. The molecular formula is C19H21Cl2F3N6O7S. The molecule has 1 heterocycles. The number of halogens is 5. The van der Waals surface area contributed by atoms with Gasteiger partial charge in [0.1, 0.15) is 17.1 Å². The number of nitrogens with zero attached hydrogens (tertiary/aromatic N) is 1. The number of carboxylic acids is 1. The van der Waals surface area contributed by atoms with Crippen LogP contribution in [0.15, 0.2) is 40.0 Å². The average molecular weight is 605 g/mol. The van der Waals surface area contributed by atoms with Crippen molar-refractivity contribution in [3.05, 3.63) is 56.4 Å². The minimum atomic E-state index is -5.08. The first kappa shape index (κ1) is 32.5. The number of guanidine groups is 1. The maximum Gasteiger partial charge on any atom is 0.490 e. The van der Waals surface area contributed by atoms with Gasteiger partial charge in [0.05, 0.1) is 11.6 Å². The topological polar surface area (TPSA) is 206 Å². The van der Waals surface area contributed by atoms with Gasteiger partial charge in [-0.25, -0.2) is 18.7 Å². The van der Waals surface area contributed by atoms with Gasteiger partial charge in [0.2, 0.25) is 11.9 Å². The molecule has 2 rings (SSSR count). The number of rotatable bonds is 9. The maximum atomic E-state index is 12.8. The lowest BCUT2D eigenvalue weighted by Gasteiger charge is -2.14. The minimum Gasteiger partial charge on any atom is -0.475 e. The molecule has 0 atom stereocenters. The summed E-state index contributed by atoms with van der Waals surface area (Å²) in [5, 5.41) is 16.7. The van der Waals surface area contributed by atoms with Crippen LogP contribution in [-0.4, -0.2) is 55.3 Å². The number of nitrogens with two attached hydrogens (primary N) is 1. The van der Waals surface area contributed by atoms with Crippen LogP contribution in [0.2, 0.25) is 10.0 Å². The zero-order valence-corrected chi connectivity index (χ0v) is 21.6. The number of pyridine rings is 1. The van der Waals surface area contributed by atoms with Crippen LogP contribution < -0.4 is 26.8 Å².